The number of aliphatic hydroxyl groups is 1. The summed E-state index contributed by atoms with van der Waals surface area (Å²) in [7, 11) is -3.66. The van der Waals surface area contributed by atoms with E-state index in [0.29, 0.717) is 10.6 Å². The van der Waals surface area contributed by atoms with Crippen LogP contribution < -0.4 is 0 Å². The third-order valence-corrected chi connectivity index (χ3v) is 7.19. The number of alkyl halides is 2. The number of aliphatic hydroxyl groups excluding tert-OH is 1. The van der Waals surface area contributed by atoms with E-state index in [4.69, 9.17) is 23.2 Å². The van der Waals surface area contributed by atoms with Crippen molar-refractivity contribution in [3.8, 4) is 0 Å². The van der Waals surface area contributed by atoms with Crippen molar-refractivity contribution in [3.05, 3.63) is 34.9 Å². The molecule has 2 atom stereocenters. The molecule has 2 unspecified atom stereocenters. The van der Waals surface area contributed by atoms with Crippen molar-refractivity contribution < 1.29 is 13.5 Å². The van der Waals surface area contributed by atoms with E-state index in [2.05, 4.69) is 15.9 Å². The molecule has 1 aromatic carbocycles. The first-order valence-electron chi connectivity index (χ1n) is 4.76. The quantitative estimate of drug-likeness (QED) is 0.838. The maximum Gasteiger partial charge on any atom is 0.229 e. The van der Waals surface area contributed by atoms with Crippen LogP contribution >= 0.6 is 39.1 Å². The number of sulfone groups is 1. The minimum absolute atomic E-state index is 0.174. The molecule has 7 heteroatoms. The van der Waals surface area contributed by atoms with Crippen LogP contribution in [0, 0.1) is 0 Å². The Balaban J connectivity index is 3.12. The van der Waals surface area contributed by atoms with Crippen molar-refractivity contribution >= 4 is 49.0 Å². The minimum atomic E-state index is -3.66. The number of hydrogen-bond acceptors (Lipinski definition) is 3. The van der Waals surface area contributed by atoms with Crippen molar-refractivity contribution in [1.29, 1.82) is 0 Å². The van der Waals surface area contributed by atoms with Crippen LogP contribution in [-0.2, 0) is 9.84 Å². The first-order chi connectivity index (χ1) is 7.72. The molecule has 0 heterocycles. The Labute approximate surface area is 119 Å². The summed E-state index contributed by atoms with van der Waals surface area (Å²) in [6, 6.07) is 6.16. The molecule has 0 aromatic heterocycles. The predicted molar refractivity (Wildman–Crippen MR) is 73.4 cm³/mol. The van der Waals surface area contributed by atoms with E-state index in [-0.39, 0.29) is 5.75 Å². The predicted octanol–water partition coefficient (Wildman–Crippen LogP) is 3.10. The van der Waals surface area contributed by atoms with E-state index >= 15 is 0 Å². The second-order valence-corrected chi connectivity index (χ2v) is 9.36. The largest absolute Gasteiger partial charge is 0.385 e. The number of hydrogen-bond donors (Lipinski definition) is 1. The summed E-state index contributed by atoms with van der Waals surface area (Å²) in [6.45, 7) is 1.46. The molecule has 0 aliphatic carbocycles. The van der Waals surface area contributed by atoms with Gasteiger partial charge in [-0.25, -0.2) is 8.42 Å². The van der Waals surface area contributed by atoms with Gasteiger partial charge in [0.05, 0.1) is 5.75 Å². The summed E-state index contributed by atoms with van der Waals surface area (Å²) in [5.74, 6) is -0.174. The Morgan fingerprint density at radius 1 is 1.41 bits per heavy atom. The van der Waals surface area contributed by atoms with Gasteiger partial charge in [0.25, 0.3) is 0 Å². The maximum absolute atomic E-state index is 11.7. The Hall–Kier alpha value is 0.190. The fourth-order valence-corrected chi connectivity index (χ4v) is 3.59. The average molecular weight is 362 g/mol. The molecule has 1 aromatic rings. The highest BCUT2D eigenvalue weighted by molar-refractivity contribution is 9.12. The fourth-order valence-electron chi connectivity index (χ4n) is 1.20. The van der Waals surface area contributed by atoms with Gasteiger partial charge in [-0.1, -0.05) is 42.3 Å². The van der Waals surface area contributed by atoms with Crippen LogP contribution in [0.15, 0.2) is 24.3 Å². The molecule has 0 radical (unpaired) electrons. The summed E-state index contributed by atoms with van der Waals surface area (Å²) < 4.78 is 21.5. The van der Waals surface area contributed by atoms with E-state index in [1.807, 2.05) is 0 Å². The first kappa shape index (κ1) is 15.2. The van der Waals surface area contributed by atoms with Crippen LogP contribution in [-0.4, -0.2) is 22.4 Å². The van der Waals surface area contributed by atoms with Gasteiger partial charge in [0.2, 0.25) is 3.12 Å². The number of halogens is 3. The van der Waals surface area contributed by atoms with E-state index in [9.17, 15) is 13.5 Å². The molecular weight excluding hydrogens is 351 g/mol. The van der Waals surface area contributed by atoms with Crippen molar-refractivity contribution in [2.45, 2.75) is 16.1 Å². The monoisotopic (exact) mass is 360 g/mol. The van der Waals surface area contributed by atoms with Crippen molar-refractivity contribution in [2.24, 2.45) is 0 Å². The van der Waals surface area contributed by atoms with Crippen molar-refractivity contribution in [2.75, 3.05) is 5.75 Å². The van der Waals surface area contributed by atoms with Crippen LogP contribution in [0.2, 0.25) is 5.02 Å². The summed E-state index contributed by atoms with van der Waals surface area (Å²) in [5, 5.41) is 10.5. The highest BCUT2D eigenvalue weighted by Gasteiger charge is 2.45. The Kier molecular flexibility index (Phi) is 4.88. The normalized spacial score (nSPS) is 17.5. The molecule has 0 fully saturated rings. The van der Waals surface area contributed by atoms with Gasteiger partial charge in [-0.3, -0.25) is 0 Å². The standard InChI is InChI=1S/C10H11BrCl2O3S/c1-2-17(15,16)10(11,13)9(14)7-3-5-8(12)6-4-7/h3-6,9,14H,2H2,1H3. The second-order valence-electron chi connectivity index (χ2n) is 3.42. The molecule has 17 heavy (non-hydrogen) atoms. The van der Waals surface area contributed by atoms with Gasteiger partial charge >= 0.3 is 0 Å². The van der Waals surface area contributed by atoms with Gasteiger partial charge in [0.15, 0.2) is 9.84 Å². The smallest absolute Gasteiger partial charge is 0.229 e. The van der Waals surface area contributed by atoms with Crippen LogP contribution in [0.5, 0.6) is 0 Å². The highest BCUT2D eigenvalue weighted by Crippen LogP contribution is 2.43. The van der Waals surface area contributed by atoms with Gasteiger partial charge in [-0.15, -0.1) is 0 Å². The van der Waals surface area contributed by atoms with Gasteiger partial charge in [-0.05, 0) is 33.6 Å². The molecule has 0 bridgehead atoms. The molecule has 0 amide bonds. The first-order valence-corrected chi connectivity index (χ1v) is 7.96. The van der Waals surface area contributed by atoms with E-state index in [1.54, 1.807) is 12.1 Å². The lowest BCUT2D eigenvalue weighted by atomic mass is 10.1. The zero-order valence-corrected chi connectivity index (χ0v) is 12.8. The molecule has 96 valence electrons. The second kappa shape index (κ2) is 5.45. The van der Waals surface area contributed by atoms with Gasteiger partial charge in [-0.2, -0.15) is 0 Å². The van der Waals surface area contributed by atoms with Gasteiger partial charge in [0.1, 0.15) is 6.10 Å². The molecule has 0 spiro atoms. The van der Waals surface area contributed by atoms with E-state index < -0.39 is 19.1 Å². The molecule has 0 aliphatic rings. The van der Waals surface area contributed by atoms with E-state index in [0.717, 1.165) is 0 Å². The topological polar surface area (TPSA) is 54.4 Å². The molecule has 1 N–H and O–H groups in total. The lowest BCUT2D eigenvalue weighted by Crippen LogP contribution is -2.34. The zero-order chi connectivity index (χ0) is 13.3. The van der Waals surface area contributed by atoms with Gasteiger partial charge < -0.3 is 5.11 Å². The molecule has 1 rings (SSSR count). The van der Waals surface area contributed by atoms with E-state index in [1.165, 1.54) is 19.1 Å². The van der Waals surface area contributed by atoms with Crippen LogP contribution in [0.1, 0.15) is 18.6 Å². The SMILES string of the molecule is CCS(=O)(=O)C(Cl)(Br)C(O)c1ccc(Cl)cc1. The number of rotatable bonds is 4. The third-order valence-electron chi connectivity index (χ3n) is 2.30. The van der Waals surface area contributed by atoms with Crippen LogP contribution in [0.4, 0.5) is 0 Å². The Morgan fingerprint density at radius 3 is 2.29 bits per heavy atom. The lowest BCUT2D eigenvalue weighted by Gasteiger charge is -2.25. The van der Waals surface area contributed by atoms with Crippen molar-refractivity contribution in [3.63, 3.8) is 0 Å². The highest BCUT2D eigenvalue weighted by atomic mass is 79.9. The molecule has 0 saturated carbocycles. The molecule has 0 aliphatic heterocycles. The maximum atomic E-state index is 11.7. The number of benzene rings is 1. The average Bonchev–Trinajstić information content (AvgIpc) is 2.28. The zero-order valence-electron chi connectivity index (χ0n) is 8.90. The Bertz CT molecular complexity index is 485. The van der Waals surface area contributed by atoms with Crippen LogP contribution in [0.3, 0.4) is 0 Å². The summed E-state index contributed by atoms with van der Waals surface area (Å²) >= 11 is 14.5. The van der Waals surface area contributed by atoms with Crippen molar-refractivity contribution in [1.82, 2.24) is 0 Å². The van der Waals surface area contributed by atoms with Crippen LogP contribution in [0.25, 0.3) is 0 Å². The molecular formula is C10H11BrCl2O3S. The fraction of sp³-hybridized carbons (Fsp3) is 0.400. The summed E-state index contributed by atoms with van der Waals surface area (Å²) in [6.07, 6.45) is -1.38. The summed E-state index contributed by atoms with van der Waals surface area (Å²) in [5.41, 5.74) is 0.373. The lowest BCUT2D eigenvalue weighted by molar-refractivity contribution is 0.185. The van der Waals surface area contributed by atoms with Gasteiger partial charge in [0, 0.05) is 5.02 Å². The third kappa shape index (κ3) is 3.15. The molecule has 0 saturated heterocycles. The Morgan fingerprint density at radius 2 is 1.88 bits per heavy atom. The molecule has 3 nitrogen and oxygen atoms in total. The minimum Gasteiger partial charge on any atom is -0.385 e. The summed E-state index contributed by atoms with van der Waals surface area (Å²) in [4.78, 5) is 0.